The molecule has 1 N–H and O–H groups in total. The molecule has 0 aromatic rings. The van der Waals surface area contributed by atoms with Crippen LogP contribution in [-0.4, -0.2) is 36.6 Å². The van der Waals surface area contributed by atoms with Crippen molar-refractivity contribution in [3.63, 3.8) is 0 Å². The minimum Gasteiger partial charge on any atom is -0.314 e. The molecule has 1 fully saturated rings. The molecule has 15 heavy (non-hydrogen) atoms. The Morgan fingerprint density at radius 1 is 1.13 bits per heavy atom. The molecular weight excluding hydrogens is 184 g/mol. The van der Waals surface area contributed by atoms with Gasteiger partial charge in [0.15, 0.2) is 0 Å². The minimum absolute atomic E-state index is 0.456. The molecule has 0 amide bonds. The fraction of sp³-hybridized carbons (Fsp3) is 1.00. The van der Waals surface area contributed by atoms with Crippen LogP contribution in [0.4, 0.5) is 0 Å². The van der Waals surface area contributed by atoms with Crippen molar-refractivity contribution in [1.29, 1.82) is 0 Å². The number of rotatable bonds is 6. The van der Waals surface area contributed by atoms with E-state index in [2.05, 4.69) is 31.0 Å². The summed E-state index contributed by atoms with van der Waals surface area (Å²) >= 11 is 0. The molecular formula is C13H28N2. The molecule has 0 aliphatic carbocycles. The summed E-state index contributed by atoms with van der Waals surface area (Å²) in [6, 6.07) is 0. The van der Waals surface area contributed by atoms with Crippen LogP contribution in [0.3, 0.4) is 0 Å². The molecule has 0 radical (unpaired) electrons. The lowest BCUT2D eigenvalue weighted by Crippen LogP contribution is -2.54. The first kappa shape index (κ1) is 13.0. The van der Waals surface area contributed by atoms with Crippen LogP contribution in [0, 0.1) is 0 Å². The van der Waals surface area contributed by atoms with E-state index in [0.29, 0.717) is 5.54 Å². The van der Waals surface area contributed by atoms with E-state index in [1.165, 1.54) is 58.3 Å². The molecule has 1 atom stereocenters. The van der Waals surface area contributed by atoms with E-state index in [9.17, 15) is 0 Å². The van der Waals surface area contributed by atoms with Crippen molar-refractivity contribution in [2.24, 2.45) is 0 Å². The van der Waals surface area contributed by atoms with Gasteiger partial charge in [0.05, 0.1) is 0 Å². The fourth-order valence-electron chi connectivity index (χ4n) is 2.52. The van der Waals surface area contributed by atoms with Gasteiger partial charge in [-0.1, -0.05) is 33.1 Å². The standard InChI is InChI=1S/C13H28N2/c1-4-6-7-8-13(3,5-2)15-11-9-14-10-12-15/h14H,4-12H2,1-3H3. The van der Waals surface area contributed by atoms with Gasteiger partial charge in [0.2, 0.25) is 0 Å². The third-order valence-electron chi connectivity index (χ3n) is 3.96. The normalized spacial score (nSPS) is 22.6. The molecule has 90 valence electrons. The molecule has 1 heterocycles. The molecule has 2 heteroatoms. The Morgan fingerprint density at radius 2 is 1.80 bits per heavy atom. The van der Waals surface area contributed by atoms with E-state index >= 15 is 0 Å². The summed E-state index contributed by atoms with van der Waals surface area (Å²) < 4.78 is 0. The van der Waals surface area contributed by atoms with Gasteiger partial charge in [-0.2, -0.15) is 0 Å². The number of hydrogen-bond acceptors (Lipinski definition) is 2. The van der Waals surface area contributed by atoms with Crippen LogP contribution >= 0.6 is 0 Å². The zero-order valence-corrected chi connectivity index (χ0v) is 10.8. The Hall–Kier alpha value is -0.0800. The van der Waals surface area contributed by atoms with Crippen LogP contribution in [-0.2, 0) is 0 Å². The van der Waals surface area contributed by atoms with Crippen molar-refractivity contribution < 1.29 is 0 Å². The second-order valence-electron chi connectivity index (χ2n) is 5.04. The van der Waals surface area contributed by atoms with Crippen LogP contribution in [0.1, 0.15) is 52.9 Å². The first-order valence-corrected chi connectivity index (χ1v) is 6.68. The summed E-state index contributed by atoms with van der Waals surface area (Å²) in [5.74, 6) is 0. The zero-order valence-electron chi connectivity index (χ0n) is 10.8. The van der Waals surface area contributed by atoms with Crippen LogP contribution in [0.15, 0.2) is 0 Å². The summed E-state index contributed by atoms with van der Waals surface area (Å²) in [6.07, 6.45) is 6.78. The summed E-state index contributed by atoms with van der Waals surface area (Å²) in [4.78, 5) is 2.69. The van der Waals surface area contributed by atoms with Gasteiger partial charge in [0.25, 0.3) is 0 Å². The summed E-state index contributed by atoms with van der Waals surface area (Å²) in [5.41, 5.74) is 0.456. The van der Waals surface area contributed by atoms with Crippen molar-refractivity contribution in [2.75, 3.05) is 26.2 Å². The van der Waals surface area contributed by atoms with Gasteiger partial charge in [-0.15, -0.1) is 0 Å². The monoisotopic (exact) mass is 212 g/mol. The minimum atomic E-state index is 0.456. The number of piperazine rings is 1. The second kappa shape index (κ2) is 6.49. The van der Waals surface area contributed by atoms with E-state index in [-0.39, 0.29) is 0 Å². The average Bonchev–Trinajstić information content (AvgIpc) is 2.30. The van der Waals surface area contributed by atoms with Crippen molar-refractivity contribution in [3.8, 4) is 0 Å². The SMILES string of the molecule is CCCCCC(C)(CC)N1CCNCC1. The third kappa shape index (κ3) is 3.76. The van der Waals surface area contributed by atoms with Crippen LogP contribution in [0.25, 0.3) is 0 Å². The third-order valence-corrected chi connectivity index (χ3v) is 3.96. The Kier molecular flexibility index (Phi) is 5.62. The lowest BCUT2D eigenvalue weighted by atomic mass is 9.89. The Balaban J connectivity index is 2.41. The lowest BCUT2D eigenvalue weighted by Gasteiger charge is -2.43. The van der Waals surface area contributed by atoms with Gasteiger partial charge in [-0.25, -0.2) is 0 Å². The predicted octanol–water partition coefficient (Wildman–Crippen LogP) is 2.64. The van der Waals surface area contributed by atoms with Crippen molar-refractivity contribution >= 4 is 0 Å². The molecule has 1 aliphatic rings. The molecule has 1 unspecified atom stereocenters. The molecule has 0 spiro atoms. The predicted molar refractivity (Wildman–Crippen MR) is 67.3 cm³/mol. The van der Waals surface area contributed by atoms with Gasteiger partial charge in [0.1, 0.15) is 0 Å². The van der Waals surface area contributed by atoms with Gasteiger partial charge < -0.3 is 5.32 Å². The Labute approximate surface area is 95.4 Å². The Morgan fingerprint density at radius 3 is 2.33 bits per heavy atom. The maximum atomic E-state index is 3.44. The molecule has 0 saturated carbocycles. The molecule has 1 rings (SSSR count). The van der Waals surface area contributed by atoms with E-state index in [4.69, 9.17) is 0 Å². The number of unbranched alkanes of at least 4 members (excludes halogenated alkanes) is 2. The summed E-state index contributed by atoms with van der Waals surface area (Å²) in [6.45, 7) is 11.9. The van der Waals surface area contributed by atoms with E-state index in [0.717, 1.165) is 0 Å². The summed E-state index contributed by atoms with van der Waals surface area (Å²) in [7, 11) is 0. The summed E-state index contributed by atoms with van der Waals surface area (Å²) in [5, 5.41) is 3.44. The molecule has 0 aromatic heterocycles. The maximum Gasteiger partial charge on any atom is 0.0179 e. The van der Waals surface area contributed by atoms with Crippen LogP contribution < -0.4 is 5.32 Å². The first-order valence-electron chi connectivity index (χ1n) is 6.68. The van der Waals surface area contributed by atoms with Gasteiger partial charge >= 0.3 is 0 Å². The van der Waals surface area contributed by atoms with Gasteiger partial charge in [-0.3, -0.25) is 4.90 Å². The highest BCUT2D eigenvalue weighted by atomic mass is 15.2. The number of nitrogens with zero attached hydrogens (tertiary/aromatic N) is 1. The average molecular weight is 212 g/mol. The van der Waals surface area contributed by atoms with E-state index in [1.54, 1.807) is 0 Å². The quantitative estimate of drug-likeness (QED) is 0.681. The lowest BCUT2D eigenvalue weighted by molar-refractivity contribution is 0.0740. The maximum absolute atomic E-state index is 3.44. The number of nitrogens with one attached hydrogen (secondary N) is 1. The zero-order chi connectivity index (χ0) is 11.1. The van der Waals surface area contributed by atoms with Crippen LogP contribution in [0.2, 0.25) is 0 Å². The molecule has 1 aliphatic heterocycles. The van der Waals surface area contributed by atoms with E-state index < -0.39 is 0 Å². The highest BCUT2D eigenvalue weighted by Crippen LogP contribution is 2.26. The molecule has 0 aromatic carbocycles. The largest absolute Gasteiger partial charge is 0.314 e. The smallest absolute Gasteiger partial charge is 0.0179 e. The highest BCUT2D eigenvalue weighted by Gasteiger charge is 2.29. The Bertz CT molecular complexity index is 164. The van der Waals surface area contributed by atoms with Crippen molar-refractivity contribution in [1.82, 2.24) is 10.2 Å². The molecule has 2 nitrogen and oxygen atoms in total. The fourth-order valence-corrected chi connectivity index (χ4v) is 2.52. The topological polar surface area (TPSA) is 15.3 Å². The van der Waals surface area contributed by atoms with Crippen LogP contribution in [0.5, 0.6) is 0 Å². The highest BCUT2D eigenvalue weighted by molar-refractivity contribution is 4.87. The number of hydrogen-bond donors (Lipinski definition) is 1. The first-order chi connectivity index (χ1) is 7.23. The molecule has 0 bridgehead atoms. The van der Waals surface area contributed by atoms with E-state index in [1.807, 2.05) is 0 Å². The molecule has 1 saturated heterocycles. The second-order valence-corrected chi connectivity index (χ2v) is 5.04. The van der Waals surface area contributed by atoms with Gasteiger partial charge in [0, 0.05) is 31.7 Å². The van der Waals surface area contributed by atoms with Crippen molar-refractivity contribution in [2.45, 2.75) is 58.4 Å². The van der Waals surface area contributed by atoms with Gasteiger partial charge in [-0.05, 0) is 19.8 Å². The van der Waals surface area contributed by atoms with Crippen molar-refractivity contribution in [3.05, 3.63) is 0 Å².